The maximum Gasteiger partial charge on any atom is 0.338 e. The summed E-state index contributed by atoms with van der Waals surface area (Å²) in [6, 6.07) is 9.47. The van der Waals surface area contributed by atoms with Crippen LogP contribution >= 0.6 is 0 Å². The molecule has 0 aliphatic rings. The fourth-order valence-electron chi connectivity index (χ4n) is 2.49. The number of rotatable bonds is 5. The first kappa shape index (κ1) is 18.3. The normalized spacial score (nSPS) is 11.7. The van der Waals surface area contributed by atoms with Gasteiger partial charge in [0, 0.05) is 17.2 Å². The van der Waals surface area contributed by atoms with Crippen LogP contribution in [0.3, 0.4) is 0 Å². The zero-order valence-corrected chi connectivity index (χ0v) is 14.5. The second-order valence-corrected chi connectivity index (χ2v) is 5.99. The van der Waals surface area contributed by atoms with Crippen LogP contribution in [-0.4, -0.2) is 22.8 Å². The topological polar surface area (TPSA) is 86.5 Å². The van der Waals surface area contributed by atoms with Crippen LogP contribution in [0.15, 0.2) is 36.4 Å². The van der Waals surface area contributed by atoms with Gasteiger partial charge < -0.3 is 4.74 Å². The number of aryl methyl sites for hydroxylation is 3. The van der Waals surface area contributed by atoms with Crippen LogP contribution in [0.1, 0.15) is 44.3 Å². The van der Waals surface area contributed by atoms with Gasteiger partial charge in [-0.25, -0.2) is 4.79 Å². The highest BCUT2D eigenvalue weighted by atomic mass is 16.6. The molecule has 0 aliphatic heterocycles. The molecule has 6 nitrogen and oxygen atoms in total. The number of carbonyl (C=O) groups is 2. The molecule has 0 bridgehead atoms. The second-order valence-electron chi connectivity index (χ2n) is 5.99. The summed E-state index contributed by atoms with van der Waals surface area (Å²) < 4.78 is 5.24. The average Bonchev–Trinajstić information content (AvgIpc) is 2.55. The molecule has 0 heterocycles. The summed E-state index contributed by atoms with van der Waals surface area (Å²) in [6.45, 7) is 6.76. The van der Waals surface area contributed by atoms with Crippen molar-refractivity contribution in [3.63, 3.8) is 0 Å². The molecule has 0 saturated heterocycles. The van der Waals surface area contributed by atoms with Crippen LogP contribution in [0.5, 0.6) is 0 Å². The van der Waals surface area contributed by atoms with Gasteiger partial charge in [-0.1, -0.05) is 17.7 Å². The number of benzene rings is 2. The number of nitro benzene ring substituents is 1. The van der Waals surface area contributed by atoms with Crippen LogP contribution in [0.2, 0.25) is 0 Å². The zero-order valence-electron chi connectivity index (χ0n) is 14.5. The molecule has 0 saturated carbocycles. The van der Waals surface area contributed by atoms with Crippen LogP contribution in [0, 0.1) is 30.9 Å². The van der Waals surface area contributed by atoms with E-state index in [-0.39, 0.29) is 17.0 Å². The lowest BCUT2D eigenvalue weighted by molar-refractivity contribution is -0.385. The number of Topliss-reactive ketones (excluding diaryl/α,β-unsaturated/α-hetero) is 1. The van der Waals surface area contributed by atoms with Gasteiger partial charge in [0.05, 0.1) is 10.5 Å². The van der Waals surface area contributed by atoms with E-state index in [4.69, 9.17) is 4.74 Å². The van der Waals surface area contributed by atoms with Crippen molar-refractivity contribution >= 4 is 17.4 Å². The first-order valence-electron chi connectivity index (χ1n) is 7.78. The van der Waals surface area contributed by atoms with E-state index < -0.39 is 17.0 Å². The maximum absolute atomic E-state index is 12.5. The molecule has 1 atom stereocenters. The van der Waals surface area contributed by atoms with Gasteiger partial charge in [0.2, 0.25) is 5.78 Å². The van der Waals surface area contributed by atoms with Crippen molar-refractivity contribution < 1.29 is 19.2 Å². The molecule has 6 heteroatoms. The van der Waals surface area contributed by atoms with Crippen molar-refractivity contribution in [3.05, 3.63) is 74.3 Å². The van der Waals surface area contributed by atoms with Gasteiger partial charge in [-0.05, 0) is 51.5 Å². The van der Waals surface area contributed by atoms with E-state index in [0.29, 0.717) is 11.1 Å². The molecule has 25 heavy (non-hydrogen) atoms. The van der Waals surface area contributed by atoms with E-state index in [1.54, 1.807) is 13.0 Å². The number of nitrogens with zero attached hydrogens (tertiary/aromatic N) is 1. The fraction of sp³-hybridized carbons (Fsp3) is 0.263. The molecule has 0 aliphatic carbocycles. The highest BCUT2D eigenvalue weighted by molar-refractivity contribution is 6.02. The minimum Gasteiger partial charge on any atom is -0.451 e. The molecule has 0 amide bonds. The molecule has 0 aromatic heterocycles. The lowest BCUT2D eigenvalue weighted by atomic mass is 9.99. The van der Waals surface area contributed by atoms with Crippen LogP contribution in [0.4, 0.5) is 5.69 Å². The third kappa shape index (κ3) is 4.09. The van der Waals surface area contributed by atoms with Crippen molar-refractivity contribution in [2.24, 2.45) is 0 Å². The Hall–Kier alpha value is -3.02. The Morgan fingerprint density at radius 3 is 2.32 bits per heavy atom. The standard InChI is InChI=1S/C19H19NO5/c1-11-5-6-12(2)16(9-11)18(21)14(4)25-19(22)15-7-8-17(20(23)24)13(3)10-15/h5-10,14H,1-4H3/t14-/m0/s1. The van der Waals surface area contributed by atoms with Gasteiger partial charge in [-0.2, -0.15) is 0 Å². The maximum atomic E-state index is 12.5. The molecule has 2 aromatic carbocycles. The van der Waals surface area contributed by atoms with Gasteiger partial charge in [0.15, 0.2) is 6.10 Å². The molecule has 2 aromatic rings. The highest BCUT2D eigenvalue weighted by Crippen LogP contribution is 2.20. The number of hydrogen-bond donors (Lipinski definition) is 0. The summed E-state index contributed by atoms with van der Waals surface area (Å²) in [5.41, 5.74) is 2.72. The van der Waals surface area contributed by atoms with E-state index in [2.05, 4.69) is 0 Å². The summed E-state index contributed by atoms with van der Waals surface area (Å²) in [6.07, 6.45) is -0.955. The quantitative estimate of drug-likeness (QED) is 0.356. The molecule has 2 rings (SSSR count). The lowest BCUT2D eigenvalue weighted by Gasteiger charge is -2.14. The summed E-state index contributed by atoms with van der Waals surface area (Å²) in [4.78, 5) is 35.1. The van der Waals surface area contributed by atoms with Crippen LogP contribution in [0.25, 0.3) is 0 Å². The van der Waals surface area contributed by atoms with Crippen LogP contribution in [-0.2, 0) is 4.74 Å². The Bertz CT molecular complexity index is 857. The van der Waals surface area contributed by atoms with Crippen molar-refractivity contribution in [3.8, 4) is 0 Å². The summed E-state index contributed by atoms with van der Waals surface area (Å²) in [7, 11) is 0. The Morgan fingerprint density at radius 2 is 1.72 bits per heavy atom. The van der Waals surface area contributed by atoms with Crippen molar-refractivity contribution in [1.29, 1.82) is 0 Å². The van der Waals surface area contributed by atoms with Crippen molar-refractivity contribution in [2.45, 2.75) is 33.8 Å². The Labute approximate surface area is 145 Å². The Morgan fingerprint density at radius 1 is 1.04 bits per heavy atom. The molecule has 130 valence electrons. The van der Waals surface area contributed by atoms with Gasteiger partial charge in [-0.3, -0.25) is 14.9 Å². The zero-order chi connectivity index (χ0) is 18.7. The van der Waals surface area contributed by atoms with Gasteiger partial charge in [-0.15, -0.1) is 0 Å². The summed E-state index contributed by atoms with van der Waals surface area (Å²) in [5, 5.41) is 10.8. The van der Waals surface area contributed by atoms with Gasteiger partial charge in [0.1, 0.15) is 0 Å². The monoisotopic (exact) mass is 341 g/mol. The number of ether oxygens (including phenoxy) is 1. The first-order chi connectivity index (χ1) is 11.7. The van der Waals surface area contributed by atoms with E-state index in [1.165, 1.54) is 25.1 Å². The first-order valence-corrected chi connectivity index (χ1v) is 7.78. The predicted molar refractivity (Wildman–Crippen MR) is 93.0 cm³/mol. The van der Waals surface area contributed by atoms with E-state index >= 15 is 0 Å². The number of esters is 1. The molecule has 0 fully saturated rings. The molecule has 0 spiro atoms. The minimum atomic E-state index is -0.955. The van der Waals surface area contributed by atoms with Crippen LogP contribution < -0.4 is 0 Å². The number of nitro groups is 1. The SMILES string of the molecule is Cc1ccc(C)c(C(=O)[C@H](C)OC(=O)c2ccc([N+](=O)[O-])c(C)c2)c1. The lowest BCUT2D eigenvalue weighted by Crippen LogP contribution is -2.25. The molecular formula is C19H19NO5. The average molecular weight is 341 g/mol. The van der Waals surface area contributed by atoms with E-state index in [0.717, 1.165) is 11.1 Å². The van der Waals surface area contributed by atoms with Crippen molar-refractivity contribution in [1.82, 2.24) is 0 Å². The van der Waals surface area contributed by atoms with Gasteiger partial charge in [0.25, 0.3) is 5.69 Å². The summed E-state index contributed by atoms with van der Waals surface area (Å²) >= 11 is 0. The van der Waals surface area contributed by atoms with E-state index in [1.807, 2.05) is 26.0 Å². The predicted octanol–water partition coefficient (Wildman–Crippen LogP) is 3.95. The largest absolute Gasteiger partial charge is 0.451 e. The Kier molecular flexibility index (Phi) is 5.32. The molecular weight excluding hydrogens is 322 g/mol. The fourth-order valence-corrected chi connectivity index (χ4v) is 2.49. The summed E-state index contributed by atoms with van der Waals surface area (Å²) in [5.74, 6) is -0.975. The minimum absolute atomic E-state index is 0.0731. The second kappa shape index (κ2) is 7.25. The highest BCUT2D eigenvalue weighted by Gasteiger charge is 2.23. The third-order valence-corrected chi connectivity index (χ3v) is 3.94. The Balaban J connectivity index is 2.17. The number of hydrogen-bond acceptors (Lipinski definition) is 5. The molecule has 0 radical (unpaired) electrons. The smallest absolute Gasteiger partial charge is 0.338 e. The molecule has 0 N–H and O–H groups in total. The number of ketones is 1. The number of carbonyl (C=O) groups excluding carboxylic acids is 2. The van der Waals surface area contributed by atoms with E-state index in [9.17, 15) is 19.7 Å². The molecule has 0 unspecified atom stereocenters. The van der Waals surface area contributed by atoms with Gasteiger partial charge >= 0.3 is 5.97 Å². The van der Waals surface area contributed by atoms with Crippen molar-refractivity contribution in [2.75, 3.05) is 0 Å². The third-order valence-electron chi connectivity index (χ3n) is 3.94.